The monoisotopic (exact) mass is 520 g/mol. The second kappa shape index (κ2) is 8.91. The molecule has 11 nitrogen and oxygen atoms in total. The number of carbonyl (C=O) groups is 2. The van der Waals surface area contributed by atoms with E-state index in [0.29, 0.717) is 33.4 Å². The molecule has 0 aliphatic heterocycles. The number of Topliss-reactive ketones (excluding diaryl/α,β-unsaturated/α-hetero) is 1. The van der Waals surface area contributed by atoms with Crippen molar-refractivity contribution in [1.29, 1.82) is 0 Å². The number of aromatic nitrogens is 7. The van der Waals surface area contributed by atoms with Crippen LogP contribution in [0, 0.1) is 27.7 Å². The summed E-state index contributed by atoms with van der Waals surface area (Å²) in [7, 11) is 0. The minimum absolute atomic E-state index is 0.0682. The van der Waals surface area contributed by atoms with E-state index in [2.05, 4.69) is 30.5 Å². The average Bonchev–Trinajstić information content (AvgIpc) is 3.59. The molecule has 0 radical (unpaired) electrons. The molecule has 0 aliphatic rings. The molecule has 2 aromatic carbocycles. The predicted octanol–water partition coefficient (Wildman–Crippen LogP) is 3.83. The Morgan fingerprint density at radius 2 is 1.72 bits per heavy atom. The third-order valence-corrected chi connectivity index (χ3v) is 6.83. The van der Waals surface area contributed by atoms with Gasteiger partial charge < -0.3 is 10.3 Å². The van der Waals surface area contributed by atoms with Gasteiger partial charge in [0.2, 0.25) is 5.95 Å². The normalized spacial score (nSPS) is 11.4. The van der Waals surface area contributed by atoms with Crippen LogP contribution in [0.2, 0.25) is 0 Å². The molecular weight excluding hydrogens is 496 g/mol. The van der Waals surface area contributed by atoms with Crippen LogP contribution >= 0.6 is 0 Å². The SMILES string of the molecule is Cc1cc(NC(=O)C(=O)c2c(C)[nH]c3ccccc23)n(-c2nc3c(cnn3-c3cccc(C)c3C)c(=O)[nH]2)n1. The van der Waals surface area contributed by atoms with E-state index in [1.807, 2.05) is 50.2 Å². The first kappa shape index (κ1) is 24.0. The fraction of sp³-hybridized carbons (Fsp3) is 0.143. The highest BCUT2D eigenvalue weighted by Gasteiger charge is 2.25. The van der Waals surface area contributed by atoms with E-state index in [9.17, 15) is 14.4 Å². The highest BCUT2D eigenvalue weighted by atomic mass is 16.2. The topological polar surface area (TPSA) is 143 Å². The van der Waals surface area contributed by atoms with E-state index in [1.54, 1.807) is 30.7 Å². The number of ketones is 1. The average molecular weight is 521 g/mol. The highest BCUT2D eigenvalue weighted by Crippen LogP contribution is 2.24. The van der Waals surface area contributed by atoms with E-state index in [4.69, 9.17) is 0 Å². The number of nitrogens with one attached hydrogen (secondary N) is 3. The molecule has 0 saturated heterocycles. The minimum Gasteiger partial charge on any atom is -0.358 e. The summed E-state index contributed by atoms with van der Waals surface area (Å²) >= 11 is 0. The number of aryl methyl sites for hydroxylation is 3. The maximum Gasteiger partial charge on any atom is 0.298 e. The van der Waals surface area contributed by atoms with Gasteiger partial charge in [-0.25, -0.2) is 4.68 Å². The van der Waals surface area contributed by atoms with Gasteiger partial charge in [0.15, 0.2) is 5.65 Å². The number of hydrogen-bond donors (Lipinski definition) is 3. The van der Waals surface area contributed by atoms with Crippen LogP contribution in [0.1, 0.15) is 32.9 Å². The molecule has 3 N–H and O–H groups in total. The van der Waals surface area contributed by atoms with Crippen LogP contribution in [-0.4, -0.2) is 46.2 Å². The lowest BCUT2D eigenvalue weighted by atomic mass is 10.1. The summed E-state index contributed by atoms with van der Waals surface area (Å²) in [6.45, 7) is 7.45. The molecule has 4 aromatic heterocycles. The smallest absolute Gasteiger partial charge is 0.298 e. The van der Waals surface area contributed by atoms with Gasteiger partial charge in [0.25, 0.3) is 17.2 Å². The lowest BCUT2D eigenvalue weighted by Crippen LogP contribution is -2.25. The van der Waals surface area contributed by atoms with Crippen LogP contribution in [0.3, 0.4) is 0 Å². The number of H-pyrrole nitrogens is 2. The molecule has 1 amide bonds. The Labute approximate surface area is 221 Å². The van der Waals surface area contributed by atoms with Crippen LogP contribution in [0.25, 0.3) is 33.6 Å². The number of amides is 1. The van der Waals surface area contributed by atoms with Gasteiger partial charge in [-0.05, 0) is 51.0 Å². The van der Waals surface area contributed by atoms with E-state index in [1.165, 1.54) is 10.9 Å². The molecule has 0 aliphatic carbocycles. The summed E-state index contributed by atoms with van der Waals surface area (Å²) in [5, 5.41) is 12.4. The van der Waals surface area contributed by atoms with Gasteiger partial charge in [-0.3, -0.25) is 19.4 Å². The van der Waals surface area contributed by atoms with Crippen molar-refractivity contribution >= 4 is 39.4 Å². The van der Waals surface area contributed by atoms with Crippen molar-refractivity contribution < 1.29 is 9.59 Å². The van der Waals surface area contributed by atoms with Gasteiger partial charge >= 0.3 is 0 Å². The molecular formula is C28H24N8O3. The zero-order valence-electron chi connectivity index (χ0n) is 21.7. The molecule has 0 unspecified atom stereocenters. The number of aromatic amines is 2. The van der Waals surface area contributed by atoms with Gasteiger partial charge in [-0.15, -0.1) is 0 Å². The number of rotatable bonds is 5. The molecule has 0 fully saturated rings. The fourth-order valence-electron chi connectivity index (χ4n) is 4.75. The molecule has 4 heterocycles. The Kier molecular flexibility index (Phi) is 5.49. The molecule has 0 saturated carbocycles. The summed E-state index contributed by atoms with van der Waals surface area (Å²) in [5.74, 6) is -1.28. The number of anilines is 1. The number of benzene rings is 2. The Hall–Kier alpha value is -5.32. The van der Waals surface area contributed by atoms with E-state index in [-0.39, 0.29) is 11.8 Å². The van der Waals surface area contributed by atoms with Crippen LogP contribution in [0.4, 0.5) is 5.82 Å². The van der Waals surface area contributed by atoms with Crippen LogP contribution in [0.15, 0.2) is 59.5 Å². The maximum absolute atomic E-state index is 13.2. The first-order valence-corrected chi connectivity index (χ1v) is 12.3. The second-order valence-corrected chi connectivity index (χ2v) is 9.44. The largest absolute Gasteiger partial charge is 0.358 e. The standard InChI is InChI=1S/C28H24N8O3/c1-14-8-7-11-21(16(14)3)35-25-19(13-29-35)26(38)33-28(32-25)36-22(12-15(2)34-36)31-27(39)24(37)23-17(4)30-20-10-6-5-9-18(20)23/h5-13,30H,1-4H3,(H,31,39)(H,32,33,38). The number of nitrogens with zero attached hydrogens (tertiary/aromatic N) is 5. The molecule has 0 atom stereocenters. The fourth-order valence-corrected chi connectivity index (χ4v) is 4.75. The van der Waals surface area contributed by atoms with E-state index in [0.717, 1.165) is 22.3 Å². The number of fused-ring (bicyclic) bond motifs is 2. The minimum atomic E-state index is -0.840. The predicted molar refractivity (Wildman–Crippen MR) is 147 cm³/mol. The molecule has 0 bridgehead atoms. The van der Waals surface area contributed by atoms with Crippen molar-refractivity contribution in [2.75, 3.05) is 5.32 Å². The third-order valence-electron chi connectivity index (χ3n) is 6.83. The Morgan fingerprint density at radius 1 is 0.923 bits per heavy atom. The molecule has 39 heavy (non-hydrogen) atoms. The van der Waals surface area contributed by atoms with Crippen LogP contribution in [0.5, 0.6) is 0 Å². The lowest BCUT2D eigenvalue weighted by Gasteiger charge is -2.11. The summed E-state index contributed by atoms with van der Waals surface area (Å²) in [5.41, 5.74) is 4.99. The summed E-state index contributed by atoms with van der Waals surface area (Å²) in [4.78, 5) is 49.8. The van der Waals surface area contributed by atoms with Crippen molar-refractivity contribution in [3.63, 3.8) is 0 Å². The maximum atomic E-state index is 13.2. The summed E-state index contributed by atoms with van der Waals surface area (Å²) in [6.07, 6.45) is 1.46. The van der Waals surface area contributed by atoms with Gasteiger partial charge in [0, 0.05) is 22.7 Å². The molecule has 194 valence electrons. The number of para-hydroxylation sites is 1. The van der Waals surface area contributed by atoms with Gasteiger partial charge in [-0.2, -0.15) is 19.9 Å². The number of hydrogen-bond acceptors (Lipinski definition) is 6. The molecule has 6 aromatic rings. The Bertz CT molecular complexity index is 2010. The number of carbonyl (C=O) groups excluding carboxylic acids is 2. The van der Waals surface area contributed by atoms with Crippen LogP contribution < -0.4 is 10.9 Å². The molecule has 11 heteroatoms. The first-order valence-electron chi connectivity index (χ1n) is 12.3. The third kappa shape index (κ3) is 3.91. The van der Waals surface area contributed by atoms with Gasteiger partial charge in [0.1, 0.15) is 11.2 Å². The zero-order valence-corrected chi connectivity index (χ0v) is 21.7. The highest BCUT2D eigenvalue weighted by molar-refractivity contribution is 6.48. The van der Waals surface area contributed by atoms with Crippen molar-refractivity contribution in [2.24, 2.45) is 0 Å². The van der Waals surface area contributed by atoms with Crippen molar-refractivity contribution in [3.8, 4) is 11.6 Å². The first-order chi connectivity index (χ1) is 18.7. The van der Waals surface area contributed by atoms with E-state index < -0.39 is 17.2 Å². The van der Waals surface area contributed by atoms with Crippen molar-refractivity contribution in [2.45, 2.75) is 27.7 Å². The molecule has 6 rings (SSSR count). The zero-order chi connectivity index (χ0) is 27.4. The molecule has 0 spiro atoms. The van der Waals surface area contributed by atoms with Crippen molar-refractivity contribution in [3.05, 3.63) is 93.2 Å². The van der Waals surface area contributed by atoms with Gasteiger partial charge in [-0.1, -0.05) is 30.3 Å². The lowest BCUT2D eigenvalue weighted by molar-refractivity contribution is -0.112. The Balaban J connectivity index is 1.41. The van der Waals surface area contributed by atoms with Gasteiger partial charge in [0.05, 0.1) is 23.1 Å². The Morgan fingerprint density at radius 3 is 2.54 bits per heavy atom. The summed E-state index contributed by atoms with van der Waals surface area (Å²) < 4.78 is 2.90. The summed E-state index contributed by atoms with van der Waals surface area (Å²) in [6, 6.07) is 14.7. The van der Waals surface area contributed by atoms with Crippen molar-refractivity contribution in [1.82, 2.24) is 34.5 Å². The van der Waals surface area contributed by atoms with Crippen LogP contribution in [-0.2, 0) is 4.79 Å². The quantitative estimate of drug-likeness (QED) is 0.233. The van der Waals surface area contributed by atoms with E-state index >= 15 is 0 Å². The second-order valence-electron chi connectivity index (χ2n) is 9.44.